The third kappa shape index (κ3) is 5.82. The Morgan fingerprint density at radius 1 is 1.05 bits per heavy atom. The molecule has 0 amide bonds. The SMILES string of the molecule is CS(=O)(=O)N1CCc2c(c(-c3ccc(Cl)c(C#Cc4ccc5[nH]ccc5c4)c3)nn2CCCN2CCOCC2)C1. The molecule has 4 heterocycles. The Labute approximate surface area is 239 Å². The number of hydrogen-bond donors (Lipinski definition) is 1. The molecule has 8 nitrogen and oxygen atoms in total. The van der Waals surface area contributed by atoms with Gasteiger partial charge in [-0.25, -0.2) is 8.42 Å². The van der Waals surface area contributed by atoms with Gasteiger partial charge in [0.25, 0.3) is 0 Å². The molecule has 208 valence electrons. The van der Waals surface area contributed by atoms with Crippen LogP contribution in [0.4, 0.5) is 0 Å². The fourth-order valence-corrected chi connectivity index (χ4v) is 6.43. The molecule has 0 saturated carbocycles. The summed E-state index contributed by atoms with van der Waals surface area (Å²) < 4.78 is 33.9. The summed E-state index contributed by atoms with van der Waals surface area (Å²) in [6, 6.07) is 13.8. The van der Waals surface area contributed by atoms with E-state index in [1.54, 1.807) is 0 Å². The molecule has 0 spiro atoms. The number of morpholine rings is 1. The normalized spacial score (nSPS) is 16.6. The summed E-state index contributed by atoms with van der Waals surface area (Å²) in [7, 11) is -3.32. The van der Waals surface area contributed by atoms with Crippen LogP contribution in [0, 0.1) is 11.8 Å². The first-order valence-corrected chi connectivity index (χ1v) is 15.8. The third-order valence-corrected chi connectivity index (χ3v) is 9.23. The molecule has 1 N–H and O–H groups in total. The van der Waals surface area contributed by atoms with Crippen LogP contribution in [-0.2, 0) is 34.3 Å². The van der Waals surface area contributed by atoms with E-state index in [0.717, 1.165) is 84.8 Å². The van der Waals surface area contributed by atoms with Gasteiger partial charge < -0.3 is 9.72 Å². The third-order valence-electron chi connectivity index (χ3n) is 7.65. The van der Waals surface area contributed by atoms with Gasteiger partial charge in [0.1, 0.15) is 0 Å². The van der Waals surface area contributed by atoms with E-state index in [4.69, 9.17) is 21.4 Å². The molecule has 6 rings (SSSR count). The van der Waals surface area contributed by atoms with Crippen molar-refractivity contribution in [3.63, 3.8) is 0 Å². The number of aromatic amines is 1. The van der Waals surface area contributed by atoms with E-state index in [-0.39, 0.29) is 0 Å². The fraction of sp³-hybridized carbons (Fsp3) is 0.367. The van der Waals surface area contributed by atoms with Crippen molar-refractivity contribution in [3.8, 4) is 23.1 Å². The summed E-state index contributed by atoms with van der Waals surface area (Å²) in [5.41, 5.74) is 6.43. The minimum Gasteiger partial charge on any atom is -0.379 e. The van der Waals surface area contributed by atoms with Gasteiger partial charge in [-0.2, -0.15) is 9.40 Å². The molecule has 2 aliphatic heterocycles. The van der Waals surface area contributed by atoms with Crippen molar-refractivity contribution in [3.05, 3.63) is 76.1 Å². The molecular formula is C30H32ClN5O3S. The Hall–Kier alpha value is -3.13. The van der Waals surface area contributed by atoms with E-state index in [1.165, 1.54) is 10.6 Å². The van der Waals surface area contributed by atoms with Crippen molar-refractivity contribution in [2.75, 3.05) is 45.6 Å². The predicted molar refractivity (Wildman–Crippen MR) is 158 cm³/mol. The van der Waals surface area contributed by atoms with Crippen LogP contribution in [0.25, 0.3) is 22.2 Å². The summed E-state index contributed by atoms with van der Waals surface area (Å²) in [5.74, 6) is 6.48. The van der Waals surface area contributed by atoms with E-state index in [2.05, 4.69) is 26.4 Å². The summed E-state index contributed by atoms with van der Waals surface area (Å²) >= 11 is 6.57. The van der Waals surface area contributed by atoms with Crippen molar-refractivity contribution in [2.24, 2.45) is 0 Å². The van der Waals surface area contributed by atoms with Crippen LogP contribution < -0.4 is 0 Å². The number of rotatable bonds is 6. The molecular weight excluding hydrogens is 546 g/mol. The second kappa shape index (κ2) is 11.4. The smallest absolute Gasteiger partial charge is 0.211 e. The molecule has 2 aromatic heterocycles. The summed E-state index contributed by atoms with van der Waals surface area (Å²) in [6.07, 6.45) is 4.78. The van der Waals surface area contributed by atoms with Crippen LogP contribution >= 0.6 is 11.6 Å². The lowest BCUT2D eigenvalue weighted by atomic mass is 10.0. The Morgan fingerprint density at radius 3 is 2.73 bits per heavy atom. The maximum Gasteiger partial charge on any atom is 0.211 e. The molecule has 2 aliphatic rings. The van der Waals surface area contributed by atoms with E-state index >= 15 is 0 Å². The van der Waals surface area contributed by atoms with Gasteiger partial charge in [-0.1, -0.05) is 29.5 Å². The van der Waals surface area contributed by atoms with Crippen molar-refractivity contribution >= 4 is 32.5 Å². The number of halogens is 1. The number of aromatic nitrogens is 3. The number of H-pyrrole nitrogens is 1. The first kappa shape index (κ1) is 27.1. The van der Waals surface area contributed by atoms with Crippen molar-refractivity contribution < 1.29 is 13.2 Å². The molecule has 40 heavy (non-hydrogen) atoms. The van der Waals surface area contributed by atoms with E-state index < -0.39 is 10.0 Å². The number of benzene rings is 2. The van der Waals surface area contributed by atoms with Crippen molar-refractivity contribution in [2.45, 2.75) is 25.9 Å². The van der Waals surface area contributed by atoms with Gasteiger partial charge in [0.15, 0.2) is 0 Å². The van der Waals surface area contributed by atoms with Gasteiger partial charge >= 0.3 is 0 Å². The van der Waals surface area contributed by atoms with Gasteiger partial charge in [-0.05, 0) is 42.8 Å². The lowest BCUT2D eigenvalue weighted by Crippen LogP contribution is -2.37. The average Bonchev–Trinajstić information content (AvgIpc) is 3.57. The number of nitrogens with zero attached hydrogens (tertiary/aromatic N) is 4. The first-order chi connectivity index (χ1) is 19.3. The Bertz CT molecular complexity index is 1710. The predicted octanol–water partition coefficient (Wildman–Crippen LogP) is 4.12. The largest absolute Gasteiger partial charge is 0.379 e. The standard InChI is InChI=1S/C30H32ClN5O3S/c1-40(37,38)35-14-10-29-26(21-35)30(33-36(29)13-2-12-34-15-17-39-18-16-34)25-6-7-27(31)23(20-25)5-3-22-4-8-28-24(19-22)9-11-32-28/h4,6-9,11,19-20,32H,2,10,12-18,21H2,1H3. The first-order valence-electron chi connectivity index (χ1n) is 13.6. The monoisotopic (exact) mass is 577 g/mol. The second-order valence-corrected chi connectivity index (χ2v) is 12.8. The quantitative estimate of drug-likeness (QED) is 0.349. The minimum atomic E-state index is -3.32. The highest BCUT2D eigenvalue weighted by Crippen LogP contribution is 2.33. The molecule has 0 aliphatic carbocycles. The van der Waals surface area contributed by atoms with Crippen LogP contribution in [0.5, 0.6) is 0 Å². The average molecular weight is 578 g/mol. The van der Waals surface area contributed by atoms with Crippen LogP contribution in [0.15, 0.2) is 48.7 Å². The molecule has 2 aromatic carbocycles. The lowest BCUT2D eigenvalue weighted by molar-refractivity contribution is 0.0368. The highest BCUT2D eigenvalue weighted by Gasteiger charge is 2.30. The van der Waals surface area contributed by atoms with Crippen LogP contribution in [-0.4, -0.2) is 78.0 Å². The van der Waals surface area contributed by atoms with Crippen molar-refractivity contribution in [1.29, 1.82) is 0 Å². The molecule has 0 bridgehead atoms. The summed E-state index contributed by atoms with van der Waals surface area (Å²) in [6.45, 7) is 6.02. The summed E-state index contributed by atoms with van der Waals surface area (Å²) in [5, 5.41) is 6.71. The number of aryl methyl sites for hydroxylation is 1. The Balaban J connectivity index is 1.31. The molecule has 10 heteroatoms. The van der Waals surface area contributed by atoms with Gasteiger partial charge in [-0.15, -0.1) is 0 Å². The zero-order valence-corrected chi connectivity index (χ0v) is 24.1. The number of fused-ring (bicyclic) bond motifs is 2. The van der Waals surface area contributed by atoms with Gasteiger partial charge in [0, 0.05) is 90.7 Å². The minimum absolute atomic E-state index is 0.313. The topological polar surface area (TPSA) is 83.5 Å². The fourth-order valence-electron chi connectivity index (χ4n) is 5.47. The summed E-state index contributed by atoms with van der Waals surface area (Å²) in [4.78, 5) is 5.62. The zero-order chi connectivity index (χ0) is 27.7. The number of ether oxygens (including phenoxy) is 1. The highest BCUT2D eigenvalue weighted by atomic mass is 35.5. The van der Waals surface area contributed by atoms with Gasteiger partial charge in [-0.3, -0.25) is 9.58 Å². The molecule has 0 radical (unpaired) electrons. The molecule has 1 saturated heterocycles. The van der Waals surface area contributed by atoms with E-state index in [9.17, 15) is 8.42 Å². The number of nitrogens with one attached hydrogen (secondary N) is 1. The second-order valence-electron chi connectivity index (χ2n) is 10.4. The van der Waals surface area contributed by atoms with Crippen LogP contribution in [0.2, 0.25) is 5.02 Å². The molecule has 1 fully saturated rings. The maximum absolute atomic E-state index is 12.4. The van der Waals surface area contributed by atoms with Crippen LogP contribution in [0.3, 0.4) is 0 Å². The Kier molecular flexibility index (Phi) is 7.71. The lowest BCUT2D eigenvalue weighted by Gasteiger charge is -2.27. The zero-order valence-electron chi connectivity index (χ0n) is 22.5. The maximum atomic E-state index is 12.4. The molecule has 0 atom stereocenters. The molecule has 0 unspecified atom stereocenters. The highest BCUT2D eigenvalue weighted by molar-refractivity contribution is 7.88. The van der Waals surface area contributed by atoms with E-state index in [0.29, 0.717) is 30.1 Å². The van der Waals surface area contributed by atoms with Crippen LogP contribution in [0.1, 0.15) is 28.8 Å². The van der Waals surface area contributed by atoms with Gasteiger partial charge in [0.05, 0.1) is 30.2 Å². The molecule has 4 aromatic rings. The number of sulfonamides is 1. The van der Waals surface area contributed by atoms with Gasteiger partial charge in [0.2, 0.25) is 10.0 Å². The Morgan fingerprint density at radius 2 is 1.90 bits per heavy atom. The number of hydrogen-bond acceptors (Lipinski definition) is 5. The van der Waals surface area contributed by atoms with Crippen molar-refractivity contribution in [1.82, 2.24) is 24.0 Å². The van der Waals surface area contributed by atoms with E-state index in [1.807, 2.05) is 48.7 Å².